The zero-order valence-electron chi connectivity index (χ0n) is 12.2. The minimum Gasteiger partial charge on any atom is -0.438 e. The van der Waals surface area contributed by atoms with Gasteiger partial charge in [0.1, 0.15) is 0 Å². The Bertz CT molecular complexity index is 761. The summed E-state index contributed by atoms with van der Waals surface area (Å²) in [5.41, 5.74) is 0. The van der Waals surface area contributed by atoms with Gasteiger partial charge in [-0.05, 0) is 23.6 Å². The van der Waals surface area contributed by atoms with Crippen LogP contribution in [0.2, 0.25) is 0 Å². The van der Waals surface area contributed by atoms with E-state index in [1.807, 2.05) is 17.5 Å². The van der Waals surface area contributed by atoms with Crippen molar-refractivity contribution in [2.45, 2.75) is 11.6 Å². The van der Waals surface area contributed by atoms with Gasteiger partial charge in [-0.1, -0.05) is 6.07 Å². The summed E-state index contributed by atoms with van der Waals surface area (Å²) in [5, 5.41) is 4.39. The molecule has 2 aromatic heterocycles. The Morgan fingerprint density at radius 2 is 2.04 bits per heavy atom. The van der Waals surface area contributed by atoms with E-state index < -0.39 is 15.9 Å². The first kappa shape index (κ1) is 16.2. The second-order valence-electron chi connectivity index (χ2n) is 4.90. The maximum atomic E-state index is 12.4. The third kappa shape index (κ3) is 3.63. The van der Waals surface area contributed by atoms with Gasteiger partial charge in [0.25, 0.3) is 15.9 Å². The molecule has 3 heterocycles. The summed E-state index contributed by atoms with van der Waals surface area (Å²) in [7, 11) is -3.72. The Hall–Kier alpha value is -1.68. The molecule has 1 N–H and O–H groups in total. The first-order chi connectivity index (χ1) is 11.1. The third-order valence-electron chi connectivity index (χ3n) is 3.37. The van der Waals surface area contributed by atoms with Crippen molar-refractivity contribution in [3.05, 3.63) is 40.3 Å². The van der Waals surface area contributed by atoms with E-state index in [0.29, 0.717) is 19.8 Å². The van der Waals surface area contributed by atoms with Crippen LogP contribution in [0, 0.1) is 0 Å². The van der Waals surface area contributed by atoms with Crippen LogP contribution in [0.5, 0.6) is 0 Å². The van der Waals surface area contributed by atoms with E-state index in [-0.39, 0.29) is 23.9 Å². The lowest BCUT2D eigenvalue weighted by Crippen LogP contribution is -2.40. The molecule has 9 heteroatoms. The van der Waals surface area contributed by atoms with E-state index >= 15 is 0 Å². The lowest BCUT2D eigenvalue weighted by Gasteiger charge is -2.24. The van der Waals surface area contributed by atoms with Gasteiger partial charge in [-0.2, -0.15) is 4.31 Å². The van der Waals surface area contributed by atoms with Crippen molar-refractivity contribution in [2.75, 3.05) is 26.3 Å². The van der Waals surface area contributed by atoms with E-state index in [2.05, 4.69) is 5.32 Å². The highest BCUT2D eigenvalue weighted by Crippen LogP contribution is 2.20. The van der Waals surface area contributed by atoms with E-state index in [0.717, 1.165) is 4.88 Å². The van der Waals surface area contributed by atoms with Crippen LogP contribution in [0.25, 0.3) is 0 Å². The molecule has 0 atom stereocenters. The minimum absolute atomic E-state index is 0.0200. The number of ether oxygens (including phenoxy) is 1. The van der Waals surface area contributed by atoms with Gasteiger partial charge in [0.15, 0.2) is 5.76 Å². The van der Waals surface area contributed by atoms with Gasteiger partial charge in [0.2, 0.25) is 5.09 Å². The molecule has 0 radical (unpaired) electrons. The molecule has 1 aliphatic rings. The van der Waals surface area contributed by atoms with Crippen molar-refractivity contribution in [3.63, 3.8) is 0 Å². The maximum absolute atomic E-state index is 12.4. The SMILES string of the molecule is O=C(NCc1cccs1)c1ccc(S(=O)(=O)N2CCOCC2)o1. The highest BCUT2D eigenvalue weighted by molar-refractivity contribution is 7.89. The molecule has 1 amide bonds. The number of morpholine rings is 1. The quantitative estimate of drug-likeness (QED) is 0.872. The lowest BCUT2D eigenvalue weighted by molar-refractivity contribution is 0.0722. The Kier molecular flexibility index (Phi) is 4.81. The summed E-state index contributed by atoms with van der Waals surface area (Å²) in [6, 6.07) is 6.48. The average Bonchev–Trinajstić information content (AvgIpc) is 3.25. The van der Waals surface area contributed by atoms with Gasteiger partial charge in [0.05, 0.1) is 19.8 Å². The fraction of sp³-hybridized carbons (Fsp3) is 0.357. The highest BCUT2D eigenvalue weighted by atomic mass is 32.2. The number of carbonyl (C=O) groups is 1. The second kappa shape index (κ2) is 6.83. The van der Waals surface area contributed by atoms with Crippen molar-refractivity contribution in [3.8, 4) is 0 Å². The van der Waals surface area contributed by atoms with E-state index in [1.54, 1.807) is 0 Å². The Labute approximate surface area is 137 Å². The number of hydrogen-bond acceptors (Lipinski definition) is 6. The Morgan fingerprint density at radius 3 is 2.74 bits per heavy atom. The molecule has 0 bridgehead atoms. The molecule has 0 spiro atoms. The maximum Gasteiger partial charge on any atom is 0.287 e. The summed E-state index contributed by atoms with van der Waals surface area (Å²) >= 11 is 1.53. The zero-order chi connectivity index (χ0) is 16.3. The Balaban J connectivity index is 1.68. The number of nitrogens with zero attached hydrogens (tertiary/aromatic N) is 1. The molecule has 124 valence electrons. The number of furan rings is 1. The van der Waals surface area contributed by atoms with Crippen LogP contribution in [0.3, 0.4) is 0 Å². The van der Waals surface area contributed by atoms with Crippen molar-refractivity contribution < 1.29 is 22.4 Å². The number of rotatable bonds is 5. The highest BCUT2D eigenvalue weighted by Gasteiger charge is 2.29. The predicted molar refractivity (Wildman–Crippen MR) is 83.8 cm³/mol. The van der Waals surface area contributed by atoms with E-state index in [9.17, 15) is 13.2 Å². The number of hydrogen-bond donors (Lipinski definition) is 1. The molecule has 23 heavy (non-hydrogen) atoms. The van der Waals surface area contributed by atoms with Crippen LogP contribution in [0.15, 0.2) is 39.2 Å². The van der Waals surface area contributed by atoms with Crippen LogP contribution in [0.4, 0.5) is 0 Å². The van der Waals surface area contributed by atoms with E-state index in [4.69, 9.17) is 9.15 Å². The van der Waals surface area contributed by atoms with Crippen LogP contribution >= 0.6 is 11.3 Å². The molecule has 2 aromatic rings. The van der Waals surface area contributed by atoms with Crippen LogP contribution in [0.1, 0.15) is 15.4 Å². The zero-order valence-corrected chi connectivity index (χ0v) is 13.9. The molecule has 3 rings (SSSR count). The summed E-state index contributed by atoms with van der Waals surface area (Å²) in [6.07, 6.45) is 0. The second-order valence-corrected chi connectivity index (χ2v) is 7.80. The monoisotopic (exact) mass is 356 g/mol. The summed E-state index contributed by atoms with van der Waals surface area (Å²) in [4.78, 5) is 13.0. The first-order valence-corrected chi connectivity index (χ1v) is 9.37. The number of carbonyl (C=O) groups excluding carboxylic acids is 1. The lowest BCUT2D eigenvalue weighted by atomic mass is 10.4. The van der Waals surface area contributed by atoms with Gasteiger partial charge >= 0.3 is 0 Å². The van der Waals surface area contributed by atoms with Crippen molar-refractivity contribution in [2.24, 2.45) is 0 Å². The molecule has 7 nitrogen and oxygen atoms in total. The molecule has 1 saturated heterocycles. The number of sulfonamides is 1. The molecule has 0 saturated carbocycles. The van der Waals surface area contributed by atoms with Gasteiger partial charge in [-0.3, -0.25) is 4.79 Å². The molecular weight excluding hydrogens is 340 g/mol. The van der Waals surface area contributed by atoms with Gasteiger partial charge < -0.3 is 14.5 Å². The molecule has 0 unspecified atom stereocenters. The largest absolute Gasteiger partial charge is 0.438 e. The molecular formula is C14H16N2O5S2. The van der Waals surface area contributed by atoms with Gasteiger partial charge in [-0.15, -0.1) is 11.3 Å². The van der Waals surface area contributed by atoms with Crippen molar-refractivity contribution in [1.82, 2.24) is 9.62 Å². The number of thiophene rings is 1. The first-order valence-electron chi connectivity index (χ1n) is 7.06. The minimum atomic E-state index is -3.72. The Morgan fingerprint density at radius 1 is 1.26 bits per heavy atom. The number of amides is 1. The third-order valence-corrected chi connectivity index (χ3v) is 6.02. The normalized spacial score (nSPS) is 16.3. The molecule has 1 fully saturated rings. The van der Waals surface area contributed by atoms with Gasteiger partial charge in [0, 0.05) is 18.0 Å². The topological polar surface area (TPSA) is 88.9 Å². The average molecular weight is 356 g/mol. The van der Waals surface area contributed by atoms with Crippen LogP contribution < -0.4 is 5.32 Å². The van der Waals surface area contributed by atoms with Crippen LogP contribution in [-0.2, 0) is 21.3 Å². The van der Waals surface area contributed by atoms with Crippen LogP contribution in [-0.4, -0.2) is 44.9 Å². The van der Waals surface area contributed by atoms with Crippen molar-refractivity contribution >= 4 is 27.3 Å². The molecule has 0 aliphatic carbocycles. The number of nitrogens with one attached hydrogen (secondary N) is 1. The van der Waals surface area contributed by atoms with Crippen molar-refractivity contribution in [1.29, 1.82) is 0 Å². The summed E-state index contributed by atoms with van der Waals surface area (Å²) in [5.74, 6) is -0.463. The van der Waals surface area contributed by atoms with Gasteiger partial charge in [-0.25, -0.2) is 8.42 Å². The smallest absolute Gasteiger partial charge is 0.287 e. The fourth-order valence-corrected chi connectivity index (χ4v) is 4.13. The van der Waals surface area contributed by atoms with E-state index in [1.165, 1.54) is 27.8 Å². The molecule has 0 aromatic carbocycles. The fourth-order valence-electron chi connectivity index (χ4n) is 2.16. The summed E-state index contributed by atoms with van der Waals surface area (Å²) < 4.78 is 36.5. The standard InChI is InChI=1S/C14H16N2O5S2/c17-14(15-10-11-2-1-9-22-11)12-3-4-13(21-12)23(18,19)16-5-7-20-8-6-16/h1-4,9H,5-8,10H2,(H,15,17). The summed E-state index contributed by atoms with van der Waals surface area (Å²) in [6.45, 7) is 1.65. The molecule has 1 aliphatic heterocycles. The predicted octanol–water partition coefficient (Wildman–Crippen LogP) is 1.29.